The molecule has 3 aromatic carbocycles. The first-order valence-corrected chi connectivity index (χ1v) is 19.0. The van der Waals surface area contributed by atoms with Crippen LogP contribution in [-0.4, -0.2) is 87.5 Å². The van der Waals surface area contributed by atoms with Gasteiger partial charge in [0.2, 0.25) is 5.89 Å². The number of hydrogen-bond donors (Lipinski definition) is 1. The number of nitriles is 1. The van der Waals surface area contributed by atoms with Crippen molar-refractivity contribution in [3.8, 4) is 28.7 Å². The molecule has 2 fully saturated rings. The molecule has 5 aromatic rings. The van der Waals surface area contributed by atoms with Crippen LogP contribution in [-0.2, 0) is 29.0 Å². The molecule has 4 aliphatic rings. The van der Waals surface area contributed by atoms with E-state index in [9.17, 15) is 20.0 Å². The number of ether oxygens (including phenoxy) is 1. The third-order valence-electron chi connectivity index (χ3n) is 11.9. The SMILES string of the molecule is COC(=O)[C@@H]1CCN(Cc2cc(C#N)c3oc(-c4cccc(-c5cccc6c5CCN6C(=O)c5cc6n(n5)CCCC6N5CC[C@@H](O)C5)c4C)nc3c2)C1. The number of hydrogen-bond acceptors (Lipinski definition) is 10. The number of carbonyl (C=O) groups excluding carboxylic acids is 2. The predicted octanol–water partition coefficient (Wildman–Crippen LogP) is 5.64. The van der Waals surface area contributed by atoms with Crippen molar-refractivity contribution in [1.82, 2.24) is 24.6 Å². The first kappa shape index (κ1) is 34.4. The fourth-order valence-corrected chi connectivity index (χ4v) is 9.16. The van der Waals surface area contributed by atoms with Crippen LogP contribution in [0.3, 0.4) is 0 Å². The molecule has 0 aliphatic carbocycles. The number of oxazole rings is 1. The van der Waals surface area contributed by atoms with Gasteiger partial charge in [0.1, 0.15) is 11.6 Å². The summed E-state index contributed by atoms with van der Waals surface area (Å²) in [5.74, 6) is 0.0343. The van der Waals surface area contributed by atoms with E-state index in [1.54, 1.807) is 0 Å². The Labute approximate surface area is 313 Å². The summed E-state index contributed by atoms with van der Waals surface area (Å²) in [6.45, 7) is 6.94. The topological polar surface area (TPSA) is 141 Å². The van der Waals surface area contributed by atoms with Gasteiger partial charge in [0.15, 0.2) is 11.3 Å². The van der Waals surface area contributed by atoms with Gasteiger partial charge < -0.3 is 19.2 Å². The summed E-state index contributed by atoms with van der Waals surface area (Å²) in [7, 11) is 1.42. The molecule has 6 heterocycles. The number of likely N-dealkylation sites (tertiary alicyclic amines) is 2. The van der Waals surface area contributed by atoms with Crippen molar-refractivity contribution in [2.75, 3.05) is 44.7 Å². The average molecular weight is 726 g/mol. The zero-order valence-corrected chi connectivity index (χ0v) is 30.6. The highest BCUT2D eigenvalue weighted by molar-refractivity contribution is 6.07. The van der Waals surface area contributed by atoms with Crippen molar-refractivity contribution >= 4 is 28.7 Å². The number of aliphatic hydroxyl groups excluding tert-OH is 1. The monoisotopic (exact) mass is 725 g/mol. The molecule has 9 rings (SSSR count). The van der Waals surface area contributed by atoms with Gasteiger partial charge in [0.25, 0.3) is 5.91 Å². The largest absolute Gasteiger partial charge is 0.469 e. The minimum Gasteiger partial charge on any atom is -0.469 e. The van der Waals surface area contributed by atoms with Crippen molar-refractivity contribution in [2.45, 2.75) is 64.3 Å². The lowest BCUT2D eigenvalue weighted by Gasteiger charge is -2.31. The number of carbonyl (C=O) groups is 2. The summed E-state index contributed by atoms with van der Waals surface area (Å²) in [6.07, 6.45) is 3.96. The highest BCUT2D eigenvalue weighted by Crippen LogP contribution is 2.41. The van der Waals surface area contributed by atoms with Gasteiger partial charge in [-0.25, -0.2) is 4.98 Å². The fourth-order valence-electron chi connectivity index (χ4n) is 9.16. The van der Waals surface area contributed by atoms with Crippen LogP contribution in [0.4, 0.5) is 5.69 Å². The molecule has 1 unspecified atom stereocenters. The maximum absolute atomic E-state index is 14.1. The highest BCUT2D eigenvalue weighted by Gasteiger charge is 2.35. The minimum atomic E-state index is -0.292. The number of amides is 1. The minimum absolute atomic E-state index is 0.0920. The third kappa shape index (κ3) is 5.97. The summed E-state index contributed by atoms with van der Waals surface area (Å²) in [6, 6.07) is 20.5. The van der Waals surface area contributed by atoms with E-state index in [4.69, 9.17) is 19.2 Å². The Kier molecular flexibility index (Phi) is 8.80. The van der Waals surface area contributed by atoms with Crippen molar-refractivity contribution in [1.29, 1.82) is 5.26 Å². The number of aliphatic hydroxyl groups is 1. The number of anilines is 1. The summed E-state index contributed by atoms with van der Waals surface area (Å²) in [5, 5.41) is 25.0. The van der Waals surface area contributed by atoms with E-state index in [1.165, 1.54) is 7.11 Å². The maximum atomic E-state index is 14.1. The first-order valence-electron chi connectivity index (χ1n) is 19.0. The zero-order valence-electron chi connectivity index (χ0n) is 30.6. The fraction of sp³-hybridized carbons (Fsp3) is 0.405. The molecule has 0 spiro atoms. The Morgan fingerprint density at radius 3 is 2.65 bits per heavy atom. The van der Waals surface area contributed by atoms with Crippen LogP contribution in [0.1, 0.15) is 70.2 Å². The summed E-state index contributed by atoms with van der Waals surface area (Å²) < 4.78 is 13.3. The van der Waals surface area contributed by atoms with E-state index >= 15 is 0 Å². The van der Waals surface area contributed by atoms with Crippen LogP contribution in [0.15, 0.2) is 59.0 Å². The molecule has 0 bridgehead atoms. The highest BCUT2D eigenvalue weighted by atomic mass is 16.5. The van der Waals surface area contributed by atoms with Gasteiger partial charge in [-0.1, -0.05) is 24.3 Å². The number of esters is 1. The van der Waals surface area contributed by atoms with Gasteiger partial charge in [-0.3, -0.25) is 24.1 Å². The Morgan fingerprint density at radius 1 is 1.00 bits per heavy atom. The quantitative estimate of drug-likeness (QED) is 0.210. The lowest BCUT2D eigenvalue weighted by atomic mass is 9.92. The summed E-state index contributed by atoms with van der Waals surface area (Å²) in [5.41, 5.74) is 9.91. The molecule has 3 atom stereocenters. The predicted molar refractivity (Wildman–Crippen MR) is 202 cm³/mol. The van der Waals surface area contributed by atoms with Crippen molar-refractivity contribution < 1.29 is 23.8 Å². The van der Waals surface area contributed by atoms with Crippen LogP contribution in [0.25, 0.3) is 33.7 Å². The number of β-amino-alcohol motifs (C(OH)–C–C–N with tert-alkyl or cyclic N) is 1. The van der Waals surface area contributed by atoms with Gasteiger partial charge in [-0.15, -0.1) is 0 Å². The number of benzene rings is 3. The lowest BCUT2D eigenvalue weighted by molar-refractivity contribution is -0.144. The molecule has 4 aliphatic heterocycles. The Balaban J connectivity index is 0.986. The maximum Gasteiger partial charge on any atom is 0.310 e. The zero-order chi connectivity index (χ0) is 37.1. The number of fused-ring (bicyclic) bond motifs is 3. The molecule has 1 N–H and O–H groups in total. The number of aromatic nitrogens is 3. The second-order valence-electron chi connectivity index (χ2n) is 15.1. The number of methoxy groups -OCH3 is 1. The molecule has 1 amide bonds. The van der Waals surface area contributed by atoms with E-state index in [-0.39, 0.29) is 29.9 Å². The Hall–Kier alpha value is -5.35. The molecular weight excluding hydrogens is 683 g/mol. The molecule has 0 radical (unpaired) electrons. The van der Waals surface area contributed by atoms with E-state index in [0.717, 1.165) is 96.5 Å². The van der Waals surface area contributed by atoms with Gasteiger partial charge in [0.05, 0.1) is 36.4 Å². The van der Waals surface area contributed by atoms with Crippen LogP contribution in [0.5, 0.6) is 0 Å². The van der Waals surface area contributed by atoms with Gasteiger partial charge in [-0.2, -0.15) is 10.4 Å². The lowest BCUT2D eigenvalue weighted by Crippen LogP contribution is -2.32. The van der Waals surface area contributed by atoms with Crippen LogP contribution in [0, 0.1) is 24.2 Å². The third-order valence-corrected chi connectivity index (χ3v) is 11.9. The normalized spacial score (nSPS) is 21.4. The molecule has 2 aromatic heterocycles. The second kappa shape index (κ2) is 13.8. The molecule has 276 valence electrons. The van der Waals surface area contributed by atoms with Crippen LogP contribution < -0.4 is 4.90 Å². The second-order valence-corrected chi connectivity index (χ2v) is 15.1. The van der Waals surface area contributed by atoms with Crippen molar-refractivity contribution in [2.24, 2.45) is 5.92 Å². The van der Waals surface area contributed by atoms with Crippen molar-refractivity contribution in [3.63, 3.8) is 0 Å². The Morgan fingerprint density at radius 2 is 1.83 bits per heavy atom. The summed E-state index contributed by atoms with van der Waals surface area (Å²) in [4.78, 5) is 37.5. The molecule has 0 saturated carbocycles. The Bertz CT molecular complexity index is 2340. The first-order chi connectivity index (χ1) is 26.3. The van der Waals surface area contributed by atoms with Gasteiger partial charge in [0, 0.05) is 50.5 Å². The van der Waals surface area contributed by atoms with Gasteiger partial charge in [-0.05, 0) is 104 Å². The number of rotatable bonds is 7. The number of nitrogens with zero attached hydrogens (tertiary/aromatic N) is 7. The average Bonchev–Trinajstić information content (AvgIpc) is 4.03. The molecular formula is C42H43N7O5. The molecule has 12 heteroatoms. The van der Waals surface area contributed by atoms with Crippen molar-refractivity contribution in [3.05, 3.63) is 88.2 Å². The van der Waals surface area contributed by atoms with Gasteiger partial charge >= 0.3 is 5.97 Å². The standard InChI is InChI=1S/C42H43N7O5/c1-25-30(6-3-7-31(25)40-44-34-19-26(18-28(21-43)39(34)54-40)22-46-15-11-27(23-46)42(52)53-2)32-8-4-9-36-33(32)13-17-48(36)41(51)35-20-38-37(10-5-14-49(38)45-35)47-16-12-29(50)24-47/h3-4,6-9,18-20,27,29,37,50H,5,10-17,22-24H2,1-2H3/t27-,29-,37?/m1/s1. The molecule has 12 nitrogen and oxygen atoms in total. The van der Waals surface area contributed by atoms with E-state index in [0.29, 0.717) is 54.4 Å². The summed E-state index contributed by atoms with van der Waals surface area (Å²) >= 11 is 0. The molecule has 54 heavy (non-hydrogen) atoms. The van der Waals surface area contributed by atoms with E-state index < -0.39 is 0 Å². The van der Waals surface area contributed by atoms with Crippen LogP contribution >= 0.6 is 0 Å². The van der Waals surface area contributed by atoms with E-state index in [1.807, 2.05) is 52.0 Å². The van der Waals surface area contributed by atoms with E-state index in [2.05, 4.69) is 34.9 Å². The number of aryl methyl sites for hydroxylation is 1. The smallest absolute Gasteiger partial charge is 0.310 e. The molecule has 2 saturated heterocycles. The van der Waals surface area contributed by atoms with Crippen LogP contribution in [0.2, 0.25) is 0 Å².